The molecule has 2 heterocycles. The van der Waals surface area contributed by atoms with Gasteiger partial charge in [-0.05, 0) is 68.2 Å². The third-order valence-electron chi connectivity index (χ3n) is 14.1. The Balaban J connectivity index is 1.01. The minimum Gasteiger partial charge on any atom is -0.493 e. The van der Waals surface area contributed by atoms with E-state index in [2.05, 4.69) is 55.4 Å². The van der Waals surface area contributed by atoms with Crippen LogP contribution in [-0.2, 0) is 41.9 Å². The second-order valence-electron chi connectivity index (χ2n) is 22.3. The lowest BCUT2D eigenvalue weighted by atomic mass is 9.65. The van der Waals surface area contributed by atoms with E-state index in [1.54, 1.807) is 14.2 Å². The Morgan fingerprint density at radius 1 is 0.439 bits per heavy atom. The van der Waals surface area contributed by atoms with Gasteiger partial charge in [0.1, 0.15) is 36.3 Å². The van der Waals surface area contributed by atoms with Gasteiger partial charge in [-0.1, -0.05) is 91.8 Å². The van der Waals surface area contributed by atoms with Crippen molar-refractivity contribution in [2.45, 2.75) is 132 Å². The fourth-order valence-corrected chi connectivity index (χ4v) is 11.1. The summed E-state index contributed by atoms with van der Waals surface area (Å²) in [4.78, 5) is 56.0. The molecule has 0 radical (unpaired) electrons. The number of allylic oxidation sites excluding steroid dienone is 8. The zero-order valence-corrected chi connectivity index (χ0v) is 40.1. The highest BCUT2D eigenvalue weighted by molar-refractivity contribution is 6.07. The van der Waals surface area contributed by atoms with Gasteiger partial charge >= 0.3 is 0 Å². The average molecular weight is 895 g/mol. The van der Waals surface area contributed by atoms with E-state index in [1.807, 2.05) is 60.7 Å². The van der Waals surface area contributed by atoms with Gasteiger partial charge in [0.25, 0.3) is 0 Å². The predicted molar refractivity (Wildman–Crippen MR) is 249 cm³/mol. The van der Waals surface area contributed by atoms with Crippen molar-refractivity contribution >= 4 is 23.1 Å². The van der Waals surface area contributed by atoms with Crippen LogP contribution < -0.4 is 18.9 Å². The van der Waals surface area contributed by atoms with Crippen LogP contribution >= 0.6 is 0 Å². The van der Waals surface area contributed by atoms with Gasteiger partial charge in [-0.2, -0.15) is 0 Å². The molecule has 0 unspecified atom stereocenters. The molecule has 66 heavy (non-hydrogen) atoms. The summed E-state index contributed by atoms with van der Waals surface area (Å²) in [6.07, 6.45) is 3.89. The Labute approximate surface area is 388 Å². The number of rotatable bonds is 10. The van der Waals surface area contributed by atoms with E-state index in [-0.39, 0.29) is 58.0 Å². The number of benzene rings is 3. The van der Waals surface area contributed by atoms with Crippen LogP contribution in [0.1, 0.15) is 141 Å². The summed E-state index contributed by atoms with van der Waals surface area (Å²) in [5, 5.41) is 0. The highest BCUT2D eigenvalue weighted by atomic mass is 16.5. The first-order chi connectivity index (χ1) is 31.1. The second kappa shape index (κ2) is 16.5. The molecule has 0 saturated heterocycles. The van der Waals surface area contributed by atoms with Crippen LogP contribution in [0.3, 0.4) is 0 Å². The number of Topliss-reactive ketones (excluding diaryl/α,β-unsaturated/α-hetero) is 4. The Kier molecular flexibility index (Phi) is 11.3. The van der Waals surface area contributed by atoms with Gasteiger partial charge < -0.3 is 28.4 Å². The lowest BCUT2D eigenvalue weighted by molar-refractivity contribution is -0.122. The molecular weight excluding hydrogens is 833 g/mol. The van der Waals surface area contributed by atoms with Crippen LogP contribution in [0, 0.1) is 21.7 Å². The molecule has 0 spiro atoms. The Bertz CT molecular complexity index is 2430. The van der Waals surface area contributed by atoms with Crippen molar-refractivity contribution in [3.63, 3.8) is 0 Å². The summed E-state index contributed by atoms with van der Waals surface area (Å²) < 4.78 is 37.9. The molecule has 0 N–H and O–H groups in total. The maximum absolute atomic E-state index is 14.0. The fourth-order valence-electron chi connectivity index (χ4n) is 11.1. The quantitative estimate of drug-likeness (QED) is 0.194. The Morgan fingerprint density at radius 3 is 1.03 bits per heavy atom. The number of carbonyl (C=O) groups is 4. The van der Waals surface area contributed by atoms with Crippen molar-refractivity contribution in [1.29, 1.82) is 0 Å². The van der Waals surface area contributed by atoms with E-state index in [0.29, 0.717) is 120 Å². The largest absolute Gasteiger partial charge is 0.493 e. The Hall–Kier alpha value is -5.90. The van der Waals surface area contributed by atoms with E-state index in [1.165, 1.54) is 0 Å². The van der Waals surface area contributed by atoms with Crippen molar-refractivity contribution in [3.8, 4) is 23.0 Å². The van der Waals surface area contributed by atoms with E-state index >= 15 is 0 Å². The van der Waals surface area contributed by atoms with Crippen LogP contribution in [0.15, 0.2) is 106 Å². The second-order valence-corrected chi connectivity index (χ2v) is 22.3. The van der Waals surface area contributed by atoms with Crippen molar-refractivity contribution in [2.24, 2.45) is 21.7 Å². The van der Waals surface area contributed by atoms with Gasteiger partial charge in [0.05, 0.1) is 14.2 Å². The van der Waals surface area contributed by atoms with E-state index in [4.69, 9.17) is 28.4 Å². The molecule has 0 atom stereocenters. The van der Waals surface area contributed by atoms with Gasteiger partial charge in [-0.3, -0.25) is 19.2 Å². The van der Waals surface area contributed by atoms with Crippen LogP contribution in [-0.4, -0.2) is 37.4 Å². The van der Waals surface area contributed by atoms with Crippen molar-refractivity contribution < 1.29 is 47.6 Å². The molecular formula is C56H62O10. The SMILES string of the molecule is COc1ccc(C2C3=C(CC(C)(C)CC3=O)OC3=C2C(=O)CC(C)(C)C3)cc1OCc1ccccc1COc1cc(C2C3=C(CC(C)(C)CC3=O)OC3=C2C(=O)CC(C)(C)C3)ccc1OC. The third-order valence-corrected chi connectivity index (χ3v) is 14.1. The molecule has 0 aromatic heterocycles. The number of hydrogen-bond donors (Lipinski definition) is 0. The molecule has 3 aromatic carbocycles. The molecule has 2 aliphatic heterocycles. The average Bonchev–Trinajstić information content (AvgIpc) is 3.21. The first kappa shape index (κ1) is 45.3. The zero-order chi connectivity index (χ0) is 47.1. The van der Waals surface area contributed by atoms with E-state index in [9.17, 15) is 19.2 Å². The van der Waals surface area contributed by atoms with Crippen molar-refractivity contribution in [1.82, 2.24) is 0 Å². The lowest BCUT2D eigenvalue weighted by Crippen LogP contribution is -2.37. The molecule has 6 aliphatic rings. The third kappa shape index (κ3) is 8.52. The molecule has 10 heteroatoms. The topological polar surface area (TPSA) is 124 Å². The summed E-state index contributed by atoms with van der Waals surface area (Å²) in [7, 11) is 3.18. The van der Waals surface area contributed by atoms with Crippen molar-refractivity contribution in [2.75, 3.05) is 14.2 Å². The van der Waals surface area contributed by atoms with Crippen LogP contribution in [0.5, 0.6) is 23.0 Å². The monoisotopic (exact) mass is 894 g/mol. The minimum atomic E-state index is -0.575. The normalized spacial score (nSPS) is 22.2. The molecule has 3 aromatic rings. The molecule has 0 fully saturated rings. The summed E-state index contributed by atoms with van der Waals surface area (Å²) in [5.74, 6) is 3.47. The molecule has 0 saturated carbocycles. The van der Waals surface area contributed by atoms with Crippen molar-refractivity contribution in [3.05, 3.63) is 128 Å². The summed E-state index contributed by atoms with van der Waals surface area (Å²) in [5.41, 5.74) is 4.48. The van der Waals surface area contributed by atoms with Gasteiger partial charge in [-0.15, -0.1) is 0 Å². The summed E-state index contributed by atoms with van der Waals surface area (Å²) in [6.45, 7) is 17.0. The number of ketones is 4. The Morgan fingerprint density at radius 2 is 0.742 bits per heavy atom. The molecule has 4 aliphatic carbocycles. The number of hydrogen-bond acceptors (Lipinski definition) is 10. The highest BCUT2D eigenvalue weighted by Crippen LogP contribution is 2.56. The van der Waals surface area contributed by atoms with Gasteiger partial charge in [0.15, 0.2) is 46.1 Å². The standard InChI is InChI=1S/C56H62O10/c1-53(2)21-35(57)49-43(25-53)65-44-26-54(3,4)22-36(58)50(44)47(49)31-15-17-39(61-9)41(19-31)63-29-33-13-11-12-14-34(33)30-64-42-20-32(16-18-40(42)62-10)48-51-37(59)23-55(5,6)27-45(51)66-46-28-56(7,8)24-38(60)52(46)48/h11-20,47-48H,21-30H2,1-10H3. The highest BCUT2D eigenvalue weighted by Gasteiger charge is 2.50. The van der Waals surface area contributed by atoms with Gasteiger partial charge in [-0.25, -0.2) is 0 Å². The smallest absolute Gasteiger partial charge is 0.163 e. The number of methoxy groups -OCH3 is 2. The van der Waals surface area contributed by atoms with E-state index in [0.717, 1.165) is 22.3 Å². The first-order valence-electron chi connectivity index (χ1n) is 23.2. The molecule has 0 amide bonds. The minimum absolute atomic E-state index is 0.000664. The molecule has 9 rings (SSSR count). The molecule has 10 nitrogen and oxygen atoms in total. The van der Waals surface area contributed by atoms with E-state index < -0.39 is 11.8 Å². The summed E-state index contributed by atoms with van der Waals surface area (Å²) in [6, 6.07) is 19.2. The predicted octanol–water partition coefficient (Wildman–Crippen LogP) is 11.7. The maximum Gasteiger partial charge on any atom is 0.163 e. The van der Waals surface area contributed by atoms with Gasteiger partial charge in [0.2, 0.25) is 0 Å². The first-order valence-corrected chi connectivity index (χ1v) is 23.2. The maximum atomic E-state index is 14.0. The van der Waals surface area contributed by atoms with Gasteiger partial charge in [0, 0.05) is 85.5 Å². The number of ether oxygens (including phenoxy) is 6. The summed E-state index contributed by atoms with van der Waals surface area (Å²) >= 11 is 0. The van der Waals surface area contributed by atoms with Crippen LogP contribution in [0.25, 0.3) is 0 Å². The molecule has 0 bridgehead atoms. The molecule has 346 valence electrons. The number of carbonyl (C=O) groups excluding carboxylic acids is 4. The zero-order valence-electron chi connectivity index (χ0n) is 40.1. The van der Waals surface area contributed by atoms with Crippen LogP contribution in [0.2, 0.25) is 0 Å². The fraction of sp³-hybridized carbons (Fsp3) is 0.464. The van der Waals surface area contributed by atoms with Crippen LogP contribution in [0.4, 0.5) is 0 Å². The lowest BCUT2D eigenvalue weighted by Gasteiger charge is -2.42.